The minimum absolute atomic E-state index is 0.411. The maximum atomic E-state index is 5.94. The van der Waals surface area contributed by atoms with Crippen LogP contribution in [0.2, 0.25) is 0 Å². The number of rotatable bonds is 3. The summed E-state index contributed by atoms with van der Waals surface area (Å²) in [4.78, 5) is 2.51. The van der Waals surface area contributed by atoms with Gasteiger partial charge in [0.2, 0.25) is 0 Å². The summed E-state index contributed by atoms with van der Waals surface area (Å²) in [7, 11) is 0. The molecule has 2 rings (SSSR count). The minimum Gasteiger partial charge on any atom is -0.380 e. The fourth-order valence-electron chi connectivity index (χ4n) is 2.32. The molecule has 0 bridgehead atoms. The molecule has 14 heavy (non-hydrogen) atoms. The molecular weight excluding hydrogens is 176 g/mol. The number of likely N-dealkylation sites (tertiary alicyclic amines) is 1. The molecule has 2 aliphatic heterocycles. The van der Waals surface area contributed by atoms with Crippen molar-refractivity contribution < 1.29 is 4.74 Å². The molecule has 2 N–H and O–H groups in total. The van der Waals surface area contributed by atoms with Crippen LogP contribution in [0, 0.1) is 5.41 Å². The maximum Gasteiger partial charge on any atom is 0.0542 e. The minimum atomic E-state index is 0.411. The predicted molar refractivity (Wildman–Crippen MR) is 57.2 cm³/mol. The van der Waals surface area contributed by atoms with Crippen LogP contribution >= 0.6 is 0 Å². The molecule has 2 heterocycles. The zero-order valence-electron chi connectivity index (χ0n) is 9.17. The Morgan fingerprint density at radius 3 is 2.86 bits per heavy atom. The highest BCUT2D eigenvalue weighted by molar-refractivity contribution is 4.83. The van der Waals surface area contributed by atoms with E-state index in [2.05, 4.69) is 11.8 Å². The van der Waals surface area contributed by atoms with E-state index in [1.165, 1.54) is 32.4 Å². The molecule has 0 aliphatic carbocycles. The predicted octanol–water partition coefficient (Wildman–Crippen LogP) is 0.836. The summed E-state index contributed by atoms with van der Waals surface area (Å²) in [6, 6.07) is 0.411. The molecule has 0 aromatic carbocycles. The van der Waals surface area contributed by atoms with E-state index in [9.17, 15) is 0 Å². The molecule has 0 spiro atoms. The Morgan fingerprint density at radius 1 is 1.50 bits per heavy atom. The van der Waals surface area contributed by atoms with Crippen molar-refractivity contribution >= 4 is 0 Å². The van der Waals surface area contributed by atoms with E-state index in [-0.39, 0.29) is 0 Å². The summed E-state index contributed by atoms with van der Waals surface area (Å²) in [5.41, 5.74) is 6.40. The first kappa shape index (κ1) is 10.4. The van der Waals surface area contributed by atoms with Crippen LogP contribution in [0.3, 0.4) is 0 Å². The Labute approximate surface area is 86.6 Å². The molecule has 0 amide bonds. The average Bonchev–Trinajstić information content (AvgIpc) is 2.12. The van der Waals surface area contributed by atoms with Gasteiger partial charge in [0.15, 0.2) is 0 Å². The third-order valence-electron chi connectivity index (χ3n) is 3.47. The van der Waals surface area contributed by atoms with E-state index in [0.29, 0.717) is 11.5 Å². The van der Waals surface area contributed by atoms with Crippen molar-refractivity contribution in [2.75, 3.05) is 32.8 Å². The number of piperidine rings is 1. The molecule has 3 heteroatoms. The van der Waals surface area contributed by atoms with Crippen molar-refractivity contribution in [2.24, 2.45) is 11.1 Å². The van der Waals surface area contributed by atoms with Gasteiger partial charge in [0.1, 0.15) is 0 Å². The zero-order chi connectivity index (χ0) is 10.0. The van der Waals surface area contributed by atoms with Gasteiger partial charge in [0.05, 0.1) is 13.2 Å². The normalized spacial score (nSPS) is 32.6. The van der Waals surface area contributed by atoms with Crippen LogP contribution < -0.4 is 5.73 Å². The summed E-state index contributed by atoms with van der Waals surface area (Å²) in [5.74, 6) is 0. The molecule has 2 saturated heterocycles. The molecule has 1 atom stereocenters. The lowest BCUT2D eigenvalue weighted by atomic mass is 9.84. The first-order chi connectivity index (χ1) is 6.68. The van der Waals surface area contributed by atoms with Gasteiger partial charge in [-0.2, -0.15) is 0 Å². The molecule has 0 saturated carbocycles. The van der Waals surface area contributed by atoms with Gasteiger partial charge in [-0.1, -0.05) is 6.92 Å². The Bertz CT molecular complexity index is 192. The highest BCUT2D eigenvalue weighted by Gasteiger charge is 2.33. The summed E-state index contributed by atoms with van der Waals surface area (Å²) in [6.45, 7) is 7.76. The standard InChI is InChI=1S/C11H22N2O/c1-11(8-14-9-11)4-6-13-5-2-3-10(12)7-13/h10H,2-9,12H2,1H3. The van der Waals surface area contributed by atoms with E-state index in [1.807, 2.05) is 0 Å². The topological polar surface area (TPSA) is 38.5 Å². The van der Waals surface area contributed by atoms with Crippen LogP contribution in [-0.2, 0) is 4.74 Å². The highest BCUT2D eigenvalue weighted by Crippen LogP contribution is 2.30. The van der Waals surface area contributed by atoms with Crippen LogP contribution in [0.1, 0.15) is 26.2 Å². The Hall–Kier alpha value is -0.120. The largest absolute Gasteiger partial charge is 0.380 e. The Balaban J connectivity index is 1.69. The summed E-state index contributed by atoms with van der Waals surface area (Å²) in [5, 5.41) is 0. The lowest BCUT2D eigenvalue weighted by Gasteiger charge is -2.40. The molecule has 0 radical (unpaired) electrons. The molecule has 2 aliphatic rings. The van der Waals surface area contributed by atoms with E-state index in [4.69, 9.17) is 10.5 Å². The highest BCUT2D eigenvalue weighted by atomic mass is 16.5. The van der Waals surface area contributed by atoms with Crippen LogP contribution in [0.15, 0.2) is 0 Å². The number of hydrogen-bond acceptors (Lipinski definition) is 3. The monoisotopic (exact) mass is 198 g/mol. The summed E-state index contributed by atoms with van der Waals surface area (Å²) < 4.78 is 5.26. The Kier molecular flexibility index (Phi) is 3.10. The Morgan fingerprint density at radius 2 is 2.29 bits per heavy atom. The van der Waals surface area contributed by atoms with Crippen LogP contribution in [0.5, 0.6) is 0 Å². The summed E-state index contributed by atoms with van der Waals surface area (Å²) >= 11 is 0. The lowest BCUT2D eigenvalue weighted by molar-refractivity contribution is -0.109. The molecule has 0 aromatic rings. The van der Waals surface area contributed by atoms with Gasteiger partial charge < -0.3 is 15.4 Å². The number of nitrogens with zero attached hydrogens (tertiary/aromatic N) is 1. The van der Waals surface area contributed by atoms with Crippen molar-refractivity contribution in [1.82, 2.24) is 4.90 Å². The smallest absolute Gasteiger partial charge is 0.0542 e. The van der Waals surface area contributed by atoms with Gasteiger partial charge in [-0.15, -0.1) is 0 Å². The fourth-order valence-corrected chi connectivity index (χ4v) is 2.32. The number of hydrogen-bond donors (Lipinski definition) is 1. The molecular formula is C11H22N2O. The second-order valence-corrected chi connectivity index (χ2v) is 5.26. The first-order valence-corrected chi connectivity index (χ1v) is 5.74. The van der Waals surface area contributed by atoms with Gasteiger partial charge in [-0.05, 0) is 32.4 Å². The molecule has 0 aromatic heterocycles. The first-order valence-electron chi connectivity index (χ1n) is 5.74. The van der Waals surface area contributed by atoms with Gasteiger partial charge >= 0.3 is 0 Å². The van der Waals surface area contributed by atoms with Crippen LogP contribution in [0.25, 0.3) is 0 Å². The van der Waals surface area contributed by atoms with Crippen LogP contribution in [0.4, 0.5) is 0 Å². The third kappa shape index (κ3) is 2.47. The SMILES string of the molecule is CC1(CCN2CCCC(N)C2)COC1. The number of nitrogens with two attached hydrogens (primary N) is 1. The van der Waals surface area contributed by atoms with Crippen molar-refractivity contribution in [1.29, 1.82) is 0 Å². The fraction of sp³-hybridized carbons (Fsp3) is 1.00. The lowest BCUT2D eigenvalue weighted by Crippen LogP contribution is -2.46. The van der Waals surface area contributed by atoms with E-state index < -0.39 is 0 Å². The van der Waals surface area contributed by atoms with E-state index in [1.54, 1.807) is 0 Å². The third-order valence-corrected chi connectivity index (χ3v) is 3.47. The van der Waals surface area contributed by atoms with E-state index in [0.717, 1.165) is 19.8 Å². The molecule has 2 fully saturated rings. The van der Waals surface area contributed by atoms with Crippen molar-refractivity contribution in [3.05, 3.63) is 0 Å². The molecule has 82 valence electrons. The van der Waals surface area contributed by atoms with E-state index >= 15 is 0 Å². The quantitative estimate of drug-likeness (QED) is 0.730. The molecule has 3 nitrogen and oxygen atoms in total. The van der Waals surface area contributed by atoms with Gasteiger partial charge in [0.25, 0.3) is 0 Å². The van der Waals surface area contributed by atoms with Gasteiger partial charge in [-0.3, -0.25) is 0 Å². The second-order valence-electron chi connectivity index (χ2n) is 5.26. The summed E-state index contributed by atoms with van der Waals surface area (Å²) in [6.07, 6.45) is 3.74. The zero-order valence-corrected chi connectivity index (χ0v) is 9.17. The average molecular weight is 198 g/mol. The maximum absolute atomic E-state index is 5.94. The second kappa shape index (κ2) is 4.17. The van der Waals surface area contributed by atoms with Crippen molar-refractivity contribution in [3.63, 3.8) is 0 Å². The number of ether oxygens (including phenoxy) is 1. The van der Waals surface area contributed by atoms with Gasteiger partial charge in [-0.25, -0.2) is 0 Å². The van der Waals surface area contributed by atoms with Crippen molar-refractivity contribution in [2.45, 2.75) is 32.2 Å². The van der Waals surface area contributed by atoms with Crippen molar-refractivity contribution in [3.8, 4) is 0 Å². The van der Waals surface area contributed by atoms with Gasteiger partial charge in [0, 0.05) is 18.0 Å². The van der Waals surface area contributed by atoms with Crippen LogP contribution in [-0.4, -0.2) is 43.8 Å². The molecule has 1 unspecified atom stereocenters.